The van der Waals surface area contributed by atoms with Crippen LogP contribution in [-0.2, 0) is 0 Å². The predicted molar refractivity (Wildman–Crippen MR) is 69.5 cm³/mol. The number of rotatable bonds is 6. The number of aryl methyl sites for hydroxylation is 1. The third-order valence-corrected chi connectivity index (χ3v) is 2.21. The van der Waals surface area contributed by atoms with E-state index in [0.717, 1.165) is 18.7 Å². The van der Waals surface area contributed by atoms with Crippen LogP contribution in [0.25, 0.3) is 0 Å². The summed E-state index contributed by atoms with van der Waals surface area (Å²) in [7, 11) is 1.96. The van der Waals surface area contributed by atoms with Crippen molar-refractivity contribution in [1.82, 2.24) is 9.97 Å². The molecule has 0 fully saturated rings. The second kappa shape index (κ2) is 6.39. The third kappa shape index (κ3) is 4.56. The number of ether oxygens (including phenoxy) is 1. The normalized spacial score (nSPS) is 10.7. The zero-order valence-corrected chi connectivity index (χ0v) is 11.1. The fourth-order valence-electron chi connectivity index (χ4n) is 1.43. The number of hydrogen-bond acceptors (Lipinski definition) is 5. The minimum absolute atomic E-state index is 0.117. The van der Waals surface area contributed by atoms with Gasteiger partial charge in [-0.15, -0.1) is 0 Å². The molecule has 0 bridgehead atoms. The van der Waals surface area contributed by atoms with Crippen LogP contribution in [0.2, 0.25) is 0 Å². The molecular formula is C12H22N4O. The average molecular weight is 238 g/mol. The van der Waals surface area contributed by atoms with Gasteiger partial charge in [0.1, 0.15) is 0 Å². The molecule has 0 spiro atoms. The first-order valence-electron chi connectivity index (χ1n) is 5.96. The summed E-state index contributed by atoms with van der Waals surface area (Å²) >= 11 is 0. The number of hydrogen-bond donors (Lipinski definition) is 1. The maximum Gasteiger partial charge on any atom is 0.228 e. The van der Waals surface area contributed by atoms with Gasteiger partial charge in [-0.3, -0.25) is 0 Å². The van der Waals surface area contributed by atoms with E-state index in [0.29, 0.717) is 18.4 Å². The minimum Gasteiger partial charge on any atom is -0.475 e. The van der Waals surface area contributed by atoms with Gasteiger partial charge in [0, 0.05) is 25.4 Å². The van der Waals surface area contributed by atoms with Crippen molar-refractivity contribution in [2.24, 2.45) is 5.73 Å². The van der Waals surface area contributed by atoms with E-state index >= 15 is 0 Å². The van der Waals surface area contributed by atoms with Crippen molar-refractivity contribution in [3.8, 4) is 5.88 Å². The molecule has 2 N–H and O–H groups in total. The molecule has 0 amide bonds. The van der Waals surface area contributed by atoms with Crippen LogP contribution in [0.5, 0.6) is 5.88 Å². The number of nitrogens with zero attached hydrogens (tertiary/aromatic N) is 3. The van der Waals surface area contributed by atoms with Gasteiger partial charge in [0.25, 0.3) is 0 Å². The molecule has 17 heavy (non-hydrogen) atoms. The Morgan fingerprint density at radius 2 is 2.12 bits per heavy atom. The Kier molecular flexibility index (Phi) is 5.15. The highest BCUT2D eigenvalue weighted by atomic mass is 16.5. The van der Waals surface area contributed by atoms with E-state index in [-0.39, 0.29) is 6.10 Å². The van der Waals surface area contributed by atoms with Gasteiger partial charge in [-0.25, -0.2) is 4.98 Å². The first-order chi connectivity index (χ1) is 8.02. The summed E-state index contributed by atoms with van der Waals surface area (Å²) in [6.07, 6.45) is 1.04. The highest BCUT2D eigenvalue weighted by molar-refractivity contribution is 5.33. The molecule has 0 unspecified atom stereocenters. The molecule has 0 aromatic carbocycles. The molecule has 0 aliphatic carbocycles. The Hall–Kier alpha value is -1.36. The highest BCUT2D eigenvalue weighted by Crippen LogP contribution is 2.15. The number of nitrogens with two attached hydrogens (primary N) is 1. The van der Waals surface area contributed by atoms with E-state index in [1.807, 2.05) is 38.8 Å². The fraction of sp³-hybridized carbons (Fsp3) is 0.667. The van der Waals surface area contributed by atoms with Crippen LogP contribution in [0.3, 0.4) is 0 Å². The molecule has 96 valence electrons. The molecule has 5 heteroatoms. The lowest BCUT2D eigenvalue weighted by Crippen LogP contribution is -2.23. The second-order valence-electron chi connectivity index (χ2n) is 4.38. The molecule has 0 radical (unpaired) electrons. The quantitative estimate of drug-likeness (QED) is 0.810. The Morgan fingerprint density at radius 1 is 1.41 bits per heavy atom. The molecular weight excluding hydrogens is 216 g/mol. The number of aromatic nitrogens is 2. The summed E-state index contributed by atoms with van der Waals surface area (Å²) in [5.41, 5.74) is 6.40. The molecule has 0 saturated heterocycles. The minimum atomic E-state index is 0.117. The number of anilines is 1. The van der Waals surface area contributed by atoms with Gasteiger partial charge < -0.3 is 15.4 Å². The van der Waals surface area contributed by atoms with E-state index in [9.17, 15) is 0 Å². The molecule has 1 aromatic rings. The predicted octanol–water partition coefficient (Wildman–Crippen LogP) is 1.36. The van der Waals surface area contributed by atoms with Gasteiger partial charge in [-0.1, -0.05) is 0 Å². The van der Waals surface area contributed by atoms with Gasteiger partial charge in [0.2, 0.25) is 11.8 Å². The molecule has 1 heterocycles. The van der Waals surface area contributed by atoms with Crippen molar-refractivity contribution in [1.29, 1.82) is 0 Å². The smallest absolute Gasteiger partial charge is 0.228 e. The van der Waals surface area contributed by atoms with Gasteiger partial charge >= 0.3 is 0 Å². The summed E-state index contributed by atoms with van der Waals surface area (Å²) in [5, 5.41) is 0. The molecule has 0 aliphatic rings. The standard InChI is InChI=1S/C12H22N4O/c1-9(2)17-11-8-10(3)14-12(15-11)16(4)7-5-6-13/h8-9H,5-7,13H2,1-4H3. The van der Waals surface area contributed by atoms with Crippen molar-refractivity contribution in [2.75, 3.05) is 25.0 Å². The largest absolute Gasteiger partial charge is 0.475 e. The summed E-state index contributed by atoms with van der Waals surface area (Å²) in [6.45, 7) is 7.42. The summed E-state index contributed by atoms with van der Waals surface area (Å²) in [4.78, 5) is 10.8. The van der Waals surface area contributed by atoms with Crippen LogP contribution in [0.15, 0.2) is 6.07 Å². The van der Waals surface area contributed by atoms with Crippen LogP contribution in [0.1, 0.15) is 26.0 Å². The van der Waals surface area contributed by atoms with Gasteiger partial charge in [0.15, 0.2) is 0 Å². The van der Waals surface area contributed by atoms with Crippen LogP contribution >= 0.6 is 0 Å². The monoisotopic (exact) mass is 238 g/mol. The summed E-state index contributed by atoms with van der Waals surface area (Å²) in [6, 6.07) is 1.85. The van der Waals surface area contributed by atoms with Crippen LogP contribution < -0.4 is 15.4 Å². The molecule has 0 atom stereocenters. The van der Waals surface area contributed by atoms with Gasteiger partial charge in [0.05, 0.1) is 6.10 Å². The SMILES string of the molecule is Cc1cc(OC(C)C)nc(N(C)CCCN)n1. The molecule has 1 rings (SSSR count). The van der Waals surface area contributed by atoms with E-state index < -0.39 is 0 Å². The zero-order valence-electron chi connectivity index (χ0n) is 11.1. The maximum absolute atomic E-state index is 5.59. The fourth-order valence-corrected chi connectivity index (χ4v) is 1.43. The van der Waals surface area contributed by atoms with E-state index in [2.05, 4.69) is 9.97 Å². The van der Waals surface area contributed by atoms with E-state index in [1.165, 1.54) is 0 Å². The Balaban J connectivity index is 2.81. The van der Waals surface area contributed by atoms with Crippen molar-refractivity contribution in [3.05, 3.63) is 11.8 Å². The second-order valence-corrected chi connectivity index (χ2v) is 4.38. The maximum atomic E-state index is 5.59. The van der Waals surface area contributed by atoms with Crippen molar-refractivity contribution in [3.63, 3.8) is 0 Å². The topological polar surface area (TPSA) is 64.3 Å². The van der Waals surface area contributed by atoms with Gasteiger partial charge in [-0.05, 0) is 33.7 Å². The summed E-state index contributed by atoms with van der Waals surface area (Å²) in [5.74, 6) is 1.32. The molecule has 0 saturated carbocycles. The first kappa shape index (κ1) is 13.7. The van der Waals surface area contributed by atoms with Crippen LogP contribution in [-0.4, -0.2) is 36.2 Å². The van der Waals surface area contributed by atoms with Crippen molar-refractivity contribution >= 4 is 5.95 Å². The average Bonchev–Trinajstić information content (AvgIpc) is 2.24. The van der Waals surface area contributed by atoms with Crippen molar-refractivity contribution in [2.45, 2.75) is 33.3 Å². The lowest BCUT2D eigenvalue weighted by atomic mass is 10.4. The first-order valence-corrected chi connectivity index (χ1v) is 5.96. The Morgan fingerprint density at radius 3 is 2.71 bits per heavy atom. The Labute approximate surface area is 103 Å². The van der Waals surface area contributed by atoms with Crippen molar-refractivity contribution < 1.29 is 4.74 Å². The van der Waals surface area contributed by atoms with Crippen LogP contribution in [0, 0.1) is 6.92 Å². The van der Waals surface area contributed by atoms with Crippen LogP contribution in [0.4, 0.5) is 5.95 Å². The molecule has 1 aromatic heterocycles. The van der Waals surface area contributed by atoms with E-state index in [4.69, 9.17) is 10.5 Å². The van der Waals surface area contributed by atoms with Gasteiger partial charge in [-0.2, -0.15) is 4.98 Å². The molecule has 0 aliphatic heterocycles. The summed E-state index contributed by atoms with van der Waals surface area (Å²) < 4.78 is 5.59. The molecule has 5 nitrogen and oxygen atoms in total. The Bertz CT molecular complexity index is 354. The zero-order chi connectivity index (χ0) is 12.8. The highest BCUT2D eigenvalue weighted by Gasteiger charge is 2.08. The lowest BCUT2D eigenvalue weighted by molar-refractivity contribution is 0.232. The van der Waals surface area contributed by atoms with E-state index in [1.54, 1.807) is 0 Å². The lowest BCUT2D eigenvalue weighted by Gasteiger charge is -2.18. The third-order valence-electron chi connectivity index (χ3n) is 2.21.